The fourth-order valence-electron chi connectivity index (χ4n) is 3.82. The van der Waals surface area contributed by atoms with Crippen molar-refractivity contribution in [3.8, 4) is 11.5 Å². The number of carbonyl (C=O) groups is 1. The minimum absolute atomic E-state index is 0.0109. The number of ether oxygens (including phenoxy) is 1. The summed E-state index contributed by atoms with van der Waals surface area (Å²) < 4.78 is 31.8. The Morgan fingerprint density at radius 1 is 0.895 bits per heavy atom. The topological polar surface area (TPSA) is 113 Å². The average Bonchev–Trinajstić information content (AvgIpc) is 2.92. The molecule has 4 rings (SSSR count). The van der Waals surface area contributed by atoms with Crippen LogP contribution in [0.5, 0.6) is 11.5 Å². The summed E-state index contributed by atoms with van der Waals surface area (Å²) >= 11 is 5.97. The van der Waals surface area contributed by atoms with Gasteiger partial charge in [-0.1, -0.05) is 48.0 Å². The van der Waals surface area contributed by atoms with Crippen LogP contribution in [0.4, 0.5) is 0 Å². The molecule has 196 valence electrons. The first-order chi connectivity index (χ1) is 18.2. The third-order valence-corrected chi connectivity index (χ3v) is 7.90. The molecule has 0 aliphatic heterocycles. The molecule has 1 atom stereocenters. The number of nitrogens with one attached hydrogen (secondary N) is 1. The Bertz CT molecular complexity index is 1510. The standard InChI is InChI=1S/C29H26ClNO6S/c30-22-5-3-4-21(18-22)27(32)19-31-17-16-20-8-12-24(13-9-20)38(35,36)25-14-10-23(11-15-25)37-28-7-2-1-6-26(28)29(33)34/h1-15,18,27,31-32H,16-17,19H2,(H,33,34)/t27-/m0/s1. The molecule has 0 aliphatic rings. The second-order valence-electron chi connectivity index (χ2n) is 8.55. The van der Waals surface area contributed by atoms with E-state index in [0.29, 0.717) is 30.3 Å². The molecule has 0 saturated carbocycles. The molecule has 9 heteroatoms. The van der Waals surface area contributed by atoms with Crippen molar-refractivity contribution < 1.29 is 28.2 Å². The summed E-state index contributed by atoms with van der Waals surface area (Å²) in [6.07, 6.45) is -0.0168. The van der Waals surface area contributed by atoms with Crippen LogP contribution < -0.4 is 10.1 Å². The second kappa shape index (κ2) is 12.2. The molecule has 0 spiro atoms. The van der Waals surface area contributed by atoms with Gasteiger partial charge in [0, 0.05) is 11.6 Å². The molecule has 0 aromatic heterocycles. The summed E-state index contributed by atoms with van der Waals surface area (Å²) in [5.74, 6) is -0.630. The van der Waals surface area contributed by atoms with Crippen molar-refractivity contribution in [1.29, 1.82) is 0 Å². The summed E-state index contributed by atoms with van der Waals surface area (Å²) in [5.41, 5.74) is 1.70. The van der Waals surface area contributed by atoms with Crippen LogP contribution in [0.1, 0.15) is 27.6 Å². The lowest BCUT2D eigenvalue weighted by molar-refractivity contribution is 0.0694. The zero-order valence-electron chi connectivity index (χ0n) is 20.2. The summed E-state index contributed by atoms with van der Waals surface area (Å²) in [6, 6.07) is 25.8. The molecule has 0 bridgehead atoms. The molecule has 0 aliphatic carbocycles. The Hall–Kier alpha value is -3.69. The Morgan fingerprint density at radius 2 is 1.55 bits per heavy atom. The fraction of sp³-hybridized carbons (Fsp3) is 0.138. The van der Waals surface area contributed by atoms with Crippen LogP contribution in [0.25, 0.3) is 0 Å². The van der Waals surface area contributed by atoms with E-state index in [0.717, 1.165) is 11.1 Å². The van der Waals surface area contributed by atoms with E-state index in [4.69, 9.17) is 16.3 Å². The van der Waals surface area contributed by atoms with Gasteiger partial charge in [0.2, 0.25) is 9.84 Å². The molecule has 7 nitrogen and oxygen atoms in total. The number of rotatable bonds is 11. The van der Waals surface area contributed by atoms with Crippen LogP contribution in [-0.4, -0.2) is 37.7 Å². The highest BCUT2D eigenvalue weighted by Gasteiger charge is 2.18. The lowest BCUT2D eigenvalue weighted by Gasteiger charge is -2.13. The number of sulfone groups is 1. The summed E-state index contributed by atoms with van der Waals surface area (Å²) in [4.78, 5) is 11.6. The number of benzene rings is 4. The molecule has 0 fully saturated rings. The smallest absolute Gasteiger partial charge is 0.339 e. The van der Waals surface area contributed by atoms with Gasteiger partial charge in [-0.05, 0) is 84.8 Å². The van der Waals surface area contributed by atoms with E-state index in [2.05, 4.69) is 5.32 Å². The molecular formula is C29H26ClNO6S. The van der Waals surface area contributed by atoms with Gasteiger partial charge in [0.05, 0.1) is 15.9 Å². The number of carboxylic acids is 1. The van der Waals surface area contributed by atoms with Crippen LogP contribution >= 0.6 is 11.6 Å². The van der Waals surface area contributed by atoms with Crippen molar-refractivity contribution in [2.75, 3.05) is 13.1 Å². The van der Waals surface area contributed by atoms with Crippen LogP contribution in [0.2, 0.25) is 5.02 Å². The normalized spacial score (nSPS) is 12.2. The molecule has 38 heavy (non-hydrogen) atoms. The molecule has 3 N–H and O–H groups in total. The monoisotopic (exact) mass is 551 g/mol. The van der Waals surface area contributed by atoms with Gasteiger partial charge in [-0.15, -0.1) is 0 Å². The van der Waals surface area contributed by atoms with Gasteiger partial charge < -0.3 is 20.3 Å². The fourth-order valence-corrected chi connectivity index (χ4v) is 5.28. The second-order valence-corrected chi connectivity index (χ2v) is 10.9. The molecule has 4 aromatic rings. The minimum atomic E-state index is -3.75. The Kier molecular flexibility index (Phi) is 8.81. The summed E-state index contributed by atoms with van der Waals surface area (Å²) in [5, 5.41) is 23.3. The van der Waals surface area contributed by atoms with Gasteiger partial charge in [0.15, 0.2) is 0 Å². The predicted molar refractivity (Wildman–Crippen MR) is 145 cm³/mol. The Balaban J connectivity index is 1.34. The number of hydrogen-bond acceptors (Lipinski definition) is 6. The van der Waals surface area contributed by atoms with E-state index >= 15 is 0 Å². The molecule has 0 unspecified atom stereocenters. The first kappa shape index (κ1) is 27.3. The third-order valence-electron chi connectivity index (χ3n) is 5.87. The van der Waals surface area contributed by atoms with Crippen LogP contribution in [0, 0.1) is 0 Å². The predicted octanol–water partition coefficient (Wildman–Crippen LogP) is 5.53. The average molecular weight is 552 g/mol. The molecule has 0 amide bonds. The van der Waals surface area contributed by atoms with Gasteiger partial charge in [0.25, 0.3) is 0 Å². The summed E-state index contributed by atoms with van der Waals surface area (Å²) in [6.45, 7) is 0.977. The number of carboxylic acid groups (broad SMARTS) is 1. The largest absolute Gasteiger partial charge is 0.478 e. The van der Waals surface area contributed by atoms with Crippen molar-refractivity contribution in [2.24, 2.45) is 0 Å². The van der Waals surface area contributed by atoms with Crippen LogP contribution in [0.3, 0.4) is 0 Å². The number of aromatic carboxylic acids is 1. The van der Waals surface area contributed by atoms with E-state index in [1.54, 1.807) is 54.6 Å². The zero-order chi connectivity index (χ0) is 27.1. The highest BCUT2D eigenvalue weighted by atomic mass is 35.5. The maximum Gasteiger partial charge on any atom is 0.339 e. The van der Waals surface area contributed by atoms with Gasteiger partial charge >= 0.3 is 5.97 Å². The van der Waals surface area contributed by atoms with E-state index in [1.807, 2.05) is 6.07 Å². The van der Waals surface area contributed by atoms with Crippen molar-refractivity contribution in [3.05, 3.63) is 119 Å². The molecule has 0 saturated heterocycles. The van der Waals surface area contributed by atoms with Gasteiger partial charge in [-0.25, -0.2) is 13.2 Å². The van der Waals surface area contributed by atoms with Gasteiger partial charge in [-0.3, -0.25) is 0 Å². The van der Waals surface area contributed by atoms with E-state index in [1.165, 1.54) is 36.4 Å². The number of aliphatic hydroxyl groups excluding tert-OH is 1. The first-order valence-electron chi connectivity index (χ1n) is 11.8. The maximum absolute atomic E-state index is 13.1. The van der Waals surface area contributed by atoms with Crippen molar-refractivity contribution in [2.45, 2.75) is 22.3 Å². The maximum atomic E-state index is 13.1. The molecule has 0 radical (unpaired) electrons. The number of halogens is 1. The SMILES string of the molecule is O=C(O)c1ccccc1Oc1ccc(S(=O)(=O)c2ccc(CCNC[C@H](O)c3cccc(Cl)c3)cc2)cc1. The molecule has 0 heterocycles. The van der Waals surface area contributed by atoms with Gasteiger partial charge in [0.1, 0.15) is 17.1 Å². The van der Waals surface area contributed by atoms with Crippen LogP contribution in [-0.2, 0) is 16.3 Å². The lowest BCUT2D eigenvalue weighted by atomic mass is 10.1. The quantitative estimate of drug-likeness (QED) is 0.210. The third kappa shape index (κ3) is 6.79. The van der Waals surface area contributed by atoms with Crippen molar-refractivity contribution in [1.82, 2.24) is 5.32 Å². The zero-order valence-corrected chi connectivity index (χ0v) is 21.8. The number of para-hydroxylation sites is 1. The van der Waals surface area contributed by atoms with Crippen molar-refractivity contribution >= 4 is 27.4 Å². The first-order valence-corrected chi connectivity index (χ1v) is 13.7. The van der Waals surface area contributed by atoms with Crippen molar-refractivity contribution in [3.63, 3.8) is 0 Å². The Morgan fingerprint density at radius 3 is 2.21 bits per heavy atom. The highest BCUT2D eigenvalue weighted by Crippen LogP contribution is 2.28. The lowest BCUT2D eigenvalue weighted by Crippen LogP contribution is -2.23. The number of hydrogen-bond donors (Lipinski definition) is 3. The molecular weight excluding hydrogens is 526 g/mol. The Labute approximate surface area is 226 Å². The van der Waals surface area contributed by atoms with Crippen LogP contribution in [0.15, 0.2) is 107 Å². The van der Waals surface area contributed by atoms with E-state index in [-0.39, 0.29) is 21.1 Å². The van der Waals surface area contributed by atoms with E-state index < -0.39 is 21.9 Å². The highest BCUT2D eigenvalue weighted by molar-refractivity contribution is 7.91. The minimum Gasteiger partial charge on any atom is -0.478 e. The summed E-state index contributed by atoms with van der Waals surface area (Å²) in [7, 11) is -3.75. The molecule has 4 aromatic carbocycles. The van der Waals surface area contributed by atoms with E-state index in [9.17, 15) is 23.4 Å². The van der Waals surface area contributed by atoms with Gasteiger partial charge in [-0.2, -0.15) is 0 Å². The number of aliphatic hydroxyl groups is 1.